The zero-order valence-corrected chi connectivity index (χ0v) is 14.6. The molecular weight excluding hydrogens is 359 g/mol. The molecule has 3 rings (SSSR count). The number of ether oxygens (including phenoxy) is 1. The molecule has 2 aliphatic rings. The van der Waals surface area contributed by atoms with Crippen molar-refractivity contribution < 1.29 is 18.7 Å². The average molecular weight is 376 g/mol. The summed E-state index contributed by atoms with van der Waals surface area (Å²) in [5.41, 5.74) is 6.75. The zero-order valence-electron chi connectivity index (χ0n) is 13.8. The van der Waals surface area contributed by atoms with Gasteiger partial charge in [0.1, 0.15) is 11.1 Å². The Hall–Kier alpha value is -2.57. The minimum atomic E-state index is -0.778. The lowest BCUT2D eigenvalue weighted by molar-refractivity contribution is -0.119. The number of thioether (sulfide) groups is 1. The molecule has 1 aromatic carbocycles. The summed E-state index contributed by atoms with van der Waals surface area (Å²) < 4.78 is 18.4. The Morgan fingerprint density at radius 1 is 1.31 bits per heavy atom. The van der Waals surface area contributed by atoms with Crippen molar-refractivity contribution >= 4 is 23.7 Å². The number of nitrogens with one attached hydrogen (secondary N) is 1. The number of urea groups is 1. The summed E-state index contributed by atoms with van der Waals surface area (Å²) in [4.78, 5) is 26.4. The van der Waals surface area contributed by atoms with Crippen LogP contribution in [-0.2, 0) is 9.53 Å². The second-order valence-electron chi connectivity index (χ2n) is 5.85. The topological polar surface area (TPSA) is 108 Å². The number of hydrogen-bond donors (Lipinski definition) is 2. The maximum atomic E-state index is 13.2. The van der Waals surface area contributed by atoms with E-state index in [9.17, 15) is 19.2 Å². The Kier molecular flexibility index (Phi) is 5.44. The second kappa shape index (κ2) is 7.76. The number of carbonyl (C=O) groups is 2. The first-order valence-electron chi connectivity index (χ1n) is 8.00. The number of halogens is 1. The van der Waals surface area contributed by atoms with E-state index in [0.29, 0.717) is 31.9 Å². The van der Waals surface area contributed by atoms with E-state index in [1.165, 1.54) is 29.2 Å². The highest BCUT2D eigenvalue weighted by molar-refractivity contribution is 8.04. The summed E-state index contributed by atoms with van der Waals surface area (Å²) in [5.74, 6) is -1.59. The molecule has 0 spiro atoms. The first-order valence-corrected chi connectivity index (χ1v) is 8.88. The number of morpholine rings is 1. The molecule has 0 bridgehead atoms. The number of nitrogens with zero attached hydrogens (tertiary/aromatic N) is 2. The Morgan fingerprint density at radius 3 is 2.58 bits per heavy atom. The van der Waals surface area contributed by atoms with Gasteiger partial charge in [0, 0.05) is 19.0 Å². The SMILES string of the molecule is N#CC1=C(N)S[C@H](C(=O)NC(=O)N2CCOCC2)[C@H]1c1ccc(F)cc1. The van der Waals surface area contributed by atoms with Gasteiger partial charge in [0.2, 0.25) is 5.91 Å². The van der Waals surface area contributed by atoms with Gasteiger partial charge in [-0.3, -0.25) is 10.1 Å². The maximum absolute atomic E-state index is 13.2. The van der Waals surface area contributed by atoms with E-state index in [4.69, 9.17) is 10.5 Å². The van der Waals surface area contributed by atoms with Crippen molar-refractivity contribution in [3.05, 3.63) is 46.2 Å². The molecule has 2 atom stereocenters. The van der Waals surface area contributed by atoms with Gasteiger partial charge in [0.25, 0.3) is 0 Å². The van der Waals surface area contributed by atoms with Crippen molar-refractivity contribution in [3.8, 4) is 6.07 Å². The molecule has 1 fully saturated rings. The van der Waals surface area contributed by atoms with Crippen molar-refractivity contribution in [3.63, 3.8) is 0 Å². The number of nitrogens with two attached hydrogens (primary N) is 1. The average Bonchev–Trinajstić information content (AvgIpc) is 2.99. The van der Waals surface area contributed by atoms with Gasteiger partial charge in [-0.2, -0.15) is 5.26 Å². The third kappa shape index (κ3) is 3.66. The molecule has 136 valence electrons. The molecule has 0 aliphatic carbocycles. The van der Waals surface area contributed by atoms with E-state index >= 15 is 0 Å². The lowest BCUT2D eigenvalue weighted by Crippen LogP contribution is -2.50. The summed E-state index contributed by atoms with van der Waals surface area (Å²) in [6.45, 7) is 1.65. The fourth-order valence-corrected chi connectivity index (χ4v) is 4.10. The lowest BCUT2D eigenvalue weighted by atomic mass is 9.88. The van der Waals surface area contributed by atoms with Gasteiger partial charge >= 0.3 is 6.03 Å². The van der Waals surface area contributed by atoms with Crippen LogP contribution in [0.25, 0.3) is 0 Å². The van der Waals surface area contributed by atoms with Crippen molar-refractivity contribution in [1.29, 1.82) is 5.26 Å². The number of hydrogen-bond acceptors (Lipinski definition) is 6. The van der Waals surface area contributed by atoms with Crippen LogP contribution in [0.5, 0.6) is 0 Å². The molecule has 9 heteroatoms. The van der Waals surface area contributed by atoms with Crippen LogP contribution in [0.1, 0.15) is 11.5 Å². The molecule has 2 aliphatic heterocycles. The standard InChI is InChI=1S/C17H17FN4O3S/c18-11-3-1-10(2-4-11)13-12(9-19)15(20)26-14(13)16(23)21-17(24)22-5-7-25-8-6-22/h1-4,13-14H,5-8,20H2,(H,21,23,24)/t13-,14-/m0/s1. The first-order chi connectivity index (χ1) is 12.5. The zero-order chi connectivity index (χ0) is 18.7. The molecule has 7 nitrogen and oxygen atoms in total. The Bertz CT molecular complexity index is 784. The Labute approximate surface area is 154 Å². The Morgan fingerprint density at radius 2 is 1.96 bits per heavy atom. The molecule has 1 aromatic rings. The van der Waals surface area contributed by atoms with Crippen LogP contribution in [0.2, 0.25) is 0 Å². The number of nitriles is 1. The highest BCUT2D eigenvalue weighted by Crippen LogP contribution is 2.45. The number of carbonyl (C=O) groups excluding carboxylic acids is 2. The number of benzene rings is 1. The van der Waals surface area contributed by atoms with Crippen LogP contribution in [0.4, 0.5) is 9.18 Å². The minimum absolute atomic E-state index is 0.237. The molecule has 0 aromatic heterocycles. The van der Waals surface area contributed by atoms with Gasteiger partial charge in [-0.05, 0) is 17.7 Å². The summed E-state index contributed by atoms with van der Waals surface area (Å²) >= 11 is 1.04. The number of allylic oxidation sites excluding steroid dienone is 1. The predicted octanol–water partition coefficient (Wildman–Crippen LogP) is 1.29. The largest absolute Gasteiger partial charge is 0.393 e. The fraction of sp³-hybridized carbons (Fsp3) is 0.353. The fourth-order valence-electron chi connectivity index (χ4n) is 2.94. The minimum Gasteiger partial charge on any atom is -0.393 e. The van der Waals surface area contributed by atoms with Crippen LogP contribution in [0.15, 0.2) is 34.9 Å². The van der Waals surface area contributed by atoms with Crippen LogP contribution in [0, 0.1) is 17.1 Å². The van der Waals surface area contributed by atoms with Crippen LogP contribution in [0.3, 0.4) is 0 Å². The van der Waals surface area contributed by atoms with E-state index in [-0.39, 0.29) is 10.6 Å². The normalized spacial score (nSPS) is 22.8. The van der Waals surface area contributed by atoms with E-state index < -0.39 is 28.9 Å². The monoisotopic (exact) mass is 376 g/mol. The van der Waals surface area contributed by atoms with Crippen LogP contribution >= 0.6 is 11.8 Å². The summed E-state index contributed by atoms with van der Waals surface area (Å²) in [5, 5.41) is 11.2. The molecule has 1 saturated heterocycles. The van der Waals surface area contributed by atoms with Gasteiger partial charge in [0.15, 0.2) is 0 Å². The predicted molar refractivity (Wildman–Crippen MR) is 93.3 cm³/mol. The summed E-state index contributed by atoms with van der Waals surface area (Å²) in [7, 11) is 0. The van der Waals surface area contributed by atoms with Gasteiger partial charge in [-0.1, -0.05) is 23.9 Å². The molecule has 0 unspecified atom stereocenters. The van der Waals surface area contributed by atoms with Gasteiger partial charge in [-0.25, -0.2) is 9.18 Å². The number of rotatable bonds is 2. The van der Waals surface area contributed by atoms with Gasteiger partial charge in [0.05, 0.1) is 29.9 Å². The summed E-state index contributed by atoms with van der Waals surface area (Å²) in [6, 6.07) is 7.08. The molecule has 26 heavy (non-hydrogen) atoms. The summed E-state index contributed by atoms with van der Waals surface area (Å²) in [6.07, 6.45) is 0. The van der Waals surface area contributed by atoms with Gasteiger partial charge < -0.3 is 15.4 Å². The van der Waals surface area contributed by atoms with Crippen LogP contribution < -0.4 is 11.1 Å². The van der Waals surface area contributed by atoms with E-state index in [1.54, 1.807) is 0 Å². The highest BCUT2D eigenvalue weighted by Gasteiger charge is 2.41. The van der Waals surface area contributed by atoms with Gasteiger partial charge in [-0.15, -0.1) is 0 Å². The van der Waals surface area contributed by atoms with Crippen molar-refractivity contribution in [1.82, 2.24) is 10.2 Å². The van der Waals surface area contributed by atoms with Crippen molar-refractivity contribution in [2.24, 2.45) is 5.73 Å². The maximum Gasteiger partial charge on any atom is 0.324 e. The Balaban J connectivity index is 1.79. The second-order valence-corrected chi connectivity index (χ2v) is 7.03. The third-order valence-electron chi connectivity index (χ3n) is 4.27. The lowest BCUT2D eigenvalue weighted by Gasteiger charge is -2.27. The van der Waals surface area contributed by atoms with Crippen LogP contribution in [-0.4, -0.2) is 48.4 Å². The van der Waals surface area contributed by atoms with E-state index in [0.717, 1.165) is 11.8 Å². The molecule has 3 N–H and O–H groups in total. The van der Waals surface area contributed by atoms with E-state index in [2.05, 4.69) is 5.32 Å². The smallest absolute Gasteiger partial charge is 0.324 e. The number of imide groups is 1. The number of amides is 3. The first kappa shape index (κ1) is 18.2. The quantitative estimate of drug-likeness (QED) is 0.805. The molecule has 2 heterocycles. The molecular formula is C17H17FN4O3S. The van der Waals surface area contributed by atoms with Crippen molar-refractivity contribution in [2.45, 2.75) is 11.2 Å². The molecule has 0 saturated carbocycles. The highest BCUT2D eigenvalue weighted by atomic mass is 32.2. The van der Waals surface area contributed by atoms with E-state index in [1.807, 2.05) is 6.07 Å². The third-order valence-corrected chi connectivity index (χ3v) is 5.48. The molecule has 0 radical (unpaired) electrons. The van der Waals surface area contributed by atoms with Crippen molar-refractivity contribution in [2.75, 3.05) is 26.3 Å². The molecule has 3 amide bonds.